The first-order valence-electron chi connectivity index (χ1n) is 5.78. The molecule has 0 fully saturated rings. The zero-order chi connectivity index (χ0) is 13.0. The molecule has 2 aromatic rings. The van der Waals surface area contributed by atoms with Gasteiger partial charge in [0.1, 0.15) is 0 Å². The molecular weight excluding hydrogens is 246 g/mol. The van der Waals surface area contributed by atoms with Crippen LogP contribution in [-0.2, 0) is 6.42 Å². The summed E-state index contributed by atoms with van der Waals surface area (Å²) in [6.07, 6.45) is 0.894. The maximum absolute atomic E-state index is 11.1. The predicted octanol–water partition coefficient (Wildman–Crippen LogP) is 3.49. The summed E-state index contributed by atoms with van der Waals surface area (Å²) in [7, 11) is 0. The summed E-state index contributed by atoms with van der Waals surface area (Å²) in [5, 5.41) is 14.4. The second-order valence-corrected chi connectivity index (χ2v) is 5.21. The van der Waals surface area contributed by atoms with Crippen LogP contribution in [0, 0.1) is 0 Å². The average Bonchev–Trinajstić information content (AvgIpc) is 2.82. The molecule has 2 N–H and O–H groups in total. The normalized spacial score (nSPS) is 12.1. The van der Waals surface area contributed by atoms with Crippen molar-refractivity contribution in [3.05, 3.63) is 52.2 Å². The van der Waals surface area contributed by atoms with Crippen LogP contribution in [0.2, 0.25) is 0 Å². The van der Waals surface area contributed by atoms with Crippen molar-refractivity contribution in [2.45, 2.75) is 19.4 Å². The summed E-state index contributed by atoms with van der Waals surface area (Å²) >= 11 is 1.72. The standard InChI is InChI=1S/C14H15NO2S/c1-10(9-11-5-4-8-18-11)15-13-7-3-2-6-12(13)14(16)17/h2-8,10,15H,9H2,1H3,(H,16,17). The zero-order valence-electron chi connectivity index (χ0n) is 10.1. The lowest BCUT2D eigenvalue weighted by molar-refractivity contribution is 0.0698. The van der Waals surface area contributed by atoms with Gasteiger partial charge in [0.05, 0.1) is 5.56 Å². The molecule has 0 bridgehead atoms. The number of carboxylic acid groups (broad SMARTS) is 1. The topological polar surface area (TPSA) is 49.3 Å². The summed E-state index contributed by atoms with van der Waals surface area (Å²) in [6, 6.07) is 11.3. The molecule has 1 aromatic heterocycles. The van der Waals surface area contributed by atoms with E-state index >= 15 is 0 Å². The molecule has 0 saturated carbocycles. The molecule has 0 aliphatic carbocycles. The lowest BCUT2D eigenvalue weighted by Crippen LogP contribution is -2.19. The van der Waals surface area contributed by atoms with E-state index in [1.807, 2.05) is 17.5 Å². The quantitative estimate of drug-likeness (QED) is 0.866. The number of para-hydroxylation sites is 1. The first-order valence-corrected chi connectivity index (χ1v) is 6.66. The van der Waals surface area contributed by atoms with Gasteiger partial charge in [-0.1, -0.05) is 18.2 Å². The average molecular weight is 261 g/mol. The third-order valence-electron chi connectivity index (χ3n) is 2.65. The van der Waals surface area contributed by atoms with E-state index < -0.39 is 5.97 Å². The molecule has 0 aliphatic rings. The van der Waals surface area contributed by atoms with Crippen LogP contribution in [0.4, 0.5) is 5.69 Å². The number of thiophene rings is 1. The van der Waals surface area contributed by atoms with Gasteiger partial charge in [-0.2, -0.15) is 0 Å². The monoisotopic (exact) mass is 261 g/mol. The molecule has 1 heterocycles. The van der Waals surface area contributed by atoms with Crippen LogP contribution in [0.3, 0.4) is 0 Å². The van der Waals surface area contributed by atoms with Crippen molar-refractivity contribution in [3.8, 4) is 0 Å². The van der Waals surface area contributed by atoms with Gasteiger partial charge in [-0.25, -0.2) is 4.79 Å². The summed E-state index contributed by atoms with van der Waals surface area (Å²) in [5.74, 6) is -0.901. The molecule has 1 aromatic carbocycles. The van der Waals surface area contributed by atoms with E-state index in [-0.39, 0.29) is 6.04 Å². The van der Waals surface area contributed by atoms with Crippen molar-refractivity contribution >= 4 is 23.0 Å². The fourth-order valence-corrected chi connectivity index (χ4v) is 2.68. The highest BCUT2D eigenvalue weighted by Gasteiger charge is 2.11. The molecule has 94 valence electrons. The van der Waals surface area contributed by atoms with E-state index in [4.69, 9.17) is 5.11 Å². The number of hydrogen-bond acceptors (Lipinski definition) is 3. The molecular formula is C14H15NO2S. The molecule has 0 aliphatic heterocycles. The van der Waals surface area contributed by atoms with Gasteiger partial charge in [-0.05, 0) is 30.5 Å². The first-order chi connectivity index (χ1) is 8.66. The maximum Gasteiger partial charge on any atom is 0.337 e. The van der Waals surface area contributed by atoms with E-state index in [0.29, 0.717) is 11.3 Å². The summed E-state index contributed by atoms with van der Waals surface area (Å²) in [6.45, 7) is 2.05. The second kappa shape index (κ2) is 5.69. The molecule has 3 nitrogen and oxygen atoms in total. The van der Waals surface area contributed by atoms with E-state index in [0.717, 1.165) is 6.42 Å². The van der Waals surface area contributed by atoms with E-state index in [1.165, 1.54) is 4.88 Å². The van der Waals surface area contributed by atoms with Crippen molar-refractivity contribution in [1.82, 2.24) is 0 Å². The summed E-state index contributed by atoms with van der Waals surface area (Å²) in [4.78, 5) is 12.4. The third-order valence-corrected chi connectivity index (χ3v) is 3.55. The Kier molecular flexibility index (Phi) is 3.99. The Labute approximate surface area is 110 Å². The van der Waals surface area contributed by atoms with Gasteiger partial charge in [0.2, 0.25) is 0 Å². The fourth-order valence-electron chi connectivity index (χ4n) is 1.84. The van der Waals surface area contributed by atoms with Crippen LogP contribution in [0.25, 0.3) is 0 Å². The predicted molar refractivity (Wildman–Crippen MR) is 74.5 cm³/mol. The van der Waals surface area contributed by atoms with E-state index in [1.54, 1.807) is 29.5 Å². The first kappa shape index (κ1) is 12.6. The molecule has 0 saturated heterocycles. The van der Waals surface area contributed by atoms with Gasteiger partial charge in [0, 0.05) is 23.0 Å². The van der Waals surface area contributed by atoms with E-state index in [9.17, 15) is 4.79 Å². The Morgan fingerprint density at radius 2 is 2.11 bits per heavy atom. The minimum absolute atomic E-state index is 0.198. The van der Waals surface area contributed by atoms with Gasteiger partial charge in [-0.15, -0.1) is 11.3 Å². The van der Waals surface area contributed by atoms with Gasteiger partial charge in [-0.3, -0.25) is 0 Å². The Hall–Kier alpha value is -1.81. The van der Waals surface area contributed by atoms with Gasteiger partial charge >= 0.3 is 5.97 Å². The maximum atomic E-state index is 11.1. The van der Waals surface area contributed by atoms with Gasteiger partial charge < -0.3 is 10.4 Å². The van der Waals surface area contributed by atoms with Crippen molar-refractivity contribution in [2.75, 3.05) is 5.32 Å². The molecule has 1 atom stereocenters. The highest BCUT2D eigenvalue weighted by Crippen LogP contribution is 2.18. The number of anilines is 1. The zero-order valence-corrected chi connectivity index (χ0v) is 10.9. The molecule has 0 amide bonds. The molecule has 18 heavy (non-hydrogen) atoms. The number of rotatable bonds is 5. The SMILES string of the molecule is CC(Cc1cccs1)Nc1ccccc1C(=O)O. The number of nitrogens with one attached hydrogen (secondary N) is 1. The van der Waals surface area contributed by atoms with Crippen molar-refractivity contribution in [2.24, 2.45) is 0 Å². The fraction of sp³-hybridized carbons (Fsp3) is 0.214. The lowest BCUT2D eigenvalue weighted by Gasteiger charge is -2.16. The lowest BCUT2D eigenvalue weighted by atomic mass is 10.1. The number of hydrogen-bond donors (Lipinski definition) is 2. The van der Waals surface area contributed by atoms with Crippen LogP contribution < -0.4 is 5.32 Å². The minimum Gasteiger partial charge on any atom is -0.478 e. The van der Waals surface area contributed by atoms with Crippen LogP contribution in [-0.4, -0.2) is 17.1 Å². The molecule has 0 spiro atoms. The van der Waals surface area contributed by atoms with Crippen molar-refractivity contribution in [3.63, 3.8) is 0 Å². The highest BCUT2D eigenvalue weighted by atomic mass is 32.1. The third kappa shape index (κ3) is 3.11. The van der Waals surface area contributed by atoms with E-state index in [2.05, 4.69) is 18.3 Å². The van der Waals surface area contributed by atoms with Crippen LogP contribution >= 0.6 is 11.3 Å². The number of carbonyl (C=O) groups is 1. The van der Waals surface area contributed by atoms with Crippen LogP contribution in [0.1, 0.15) is 22.2 Å². The number of aromatic carboxylic acids is 1. The number of carboxylic acids is 1. The minimum atomic E-state index is -0.901. The largest absolute Gasteiger partial charge is 0.478 e. The Morgan fingerprint density at radius 3 is 2.78 bits per heavy atom. The Bertz CT molecular complexity index is 522. The molecule has 2 rings (SSSR count). The molecule has 0 radical (unpaired) electrons. The van der Waals surface area contributed by atoms with Crippen LogP contribution in [0.15, 0.2) is 41.8 Å². The molecule has 1 unspecified atom stereocenters. The van der Waals surface area contributed by atoms with Crippen LogP contribution in [0.5, 0.6) is 0 Å². The van der Waals surface area contributed by atoms with Gasteiger partial charge in [0.25, 0.3) is 0 Å². The second-order valence-electron chi connectivity index (χ2n) is 4.18. The Morgan fingerprint density at radius 1 is 1.33 bits per heavy atom. The summed E-state index contributed by atoms with van der Waals surface area (Å²) in [5.41, 5.74) is 0.990. The van der Waals surface area contributed by atoms with Crippen molar-refractivity contribution in [1.29, 1.82) is 0 Å². The number of benzene rings is 1. The smallest absolute Gasteiger partial charge is 0.337 e. The Balaban J connectivity index is 2.07. The van der Waals surface area contributed by atoms with Crippen molar-refractivity contribution < 1.29 is 9.90 Å². The van der Waals surface area contributed by atoms with Gasteiger partial charge in [0.15, 0.2) is 0 Å². The highest BCUT2D eigenvalue weighted by molar-refractivity contribution is 7.09. The summed E-state index contributed by atoms with van der Waals surface area (Å²) < 4.78 is 0. The molecule has 4 heteroatoms.